The number of benzene rings is 2. The van der Waals surface area contributed by atoms with Crippen molar-refractivity contribution in [3.8, 4) is 5.69 Å². The molecule has 0 bridgehead atoms. The maximum Gasteiger partial charge on any atom is 0.276 e. The van der Waals surface area contributed by atoms with Crippen molar-refractivity contribution in [3.05, 3.63) is 93.2 Å². The maximum absolute atomic E-state index is 14.2. The van der Waals surface area contributed by atoms with E-state index in [1.807, 2.05) is 24.3 Å². The molecule has 7 heteroatoms. The molecule has 0 fully saturated rings. The van der Waals surface area contributed by atoms with E-state index in [4.69, 9.17) is 0 Å². The van der Waals surface area contributed by atoms with Gasteiger partial charge < -0.3 is 5.32 Å². The first-order chi connectivity index (χ1) is 14.9. The Balaban J connectivity index is 1.83. The Morgan fingerprint density at radius 1 is 1.06 bits per heavy atom. The van der Waals surface area contributed by atoms with Crippen LogP contribution in [0.2, 0.25) is 0 Å². The first-order valence-corrected chi connectivity index (χ1v) is 10.4. The summed E-state index contributed by atoms with van der Waals surface area (Å²) in [5.74, 6) is -1.08. The SMILES string of the molecule is CCN(CC)Cc1ccccc1CNC(=O)c1nn(-c2ccccc2F)c(C)cc1=O. The quantitative estimate of drug-likeness (QED) is 0.604. The zero-order valence-corrected chi connectivity index (χ0v) is 18.1. The molecular formula is C24H27FN4O2. The van der Waals surface area contributed by atoms with E-state index in [2.05, 4.69) is 29.2 Å². The van der Waals surface area contributed by atoms with Crippen LogP contribution >= 0.6 is 0 Å². The van der Waals surface area contributed by atoms with Gasteiger partial charge in [-0.05, 0) is 43.3 Å². The van der Waals surface area contributed by atoms with E-state index in [-0.39, 0.29) is 17.9 Å². The number of nitrogens with zero attached hydrogens (tertiary/aromatic N) is 3. The normalized spacial score (nSPS) is 11.0. The zero-order chi connectivity index (χ0) is 22.4. The lowest BCUT2D eigenvalue weighted by Crippen LogP contribution is -2.32. The summed E-state index contributed by atoms with van der Waals surface area (Å²) in [7, 11) is 0. The van der Waals surface area contributed by atoms with Crippen LogP contribution in [0.15, 0.2) is 59.4 Å². The monoisotopic (exact) mass is 422 g/mol. The van der Waals surface area contributed by atoms with E-state index in [1.54, 1.807) is 25.1 Å². The highest BCUT2D eigenvalue weighted by atomic mass is 19.1. The van der Waals surface area contributed by atoms with Gasteiger partial charge in [0.25, 0.3) is 5.91 Å². The third-order valence-electron chi connectivity index (χ3n) is 5.25. The minimum Gasteiger partial charge on any atom is -0.346 e. The fraction of sp³-hybridized carbons (Fsp3) is 0.292. The minimum absolute atomic E-state index is 0.179. The van der Waals surface area contributed by atoms with Crippen LogP contribution < -0.4 is 10.7 Å². The van der Waals surface area contributed by atoms with E-state index in [0.29, 0.717) is 5.69 Å². The number of carbonyl (C=O) groups excluding carboxylic acids is 1. The molecule has 0 saturated heterocycles. The fourth-order valence-corrected chi connectivity index (χ4v) is 3.40. The van der Waals surface area contributed by atoms with Gasteiger partial charge in [-0.2, -0.15) is 5.10 Å². The number of hydrogen-bond acceptors (Lipinski definition) is 4. The molecule has 1 N–H and O–H groups in total. The lowest BCUT2D eigenvalue weighted by molar-refractivity contribution is 0.0942. The molecule has 0 aliphatic carbocycles. The van der Waals surface area contributed by atoms with Crippen molar-refractivity contribution < 1.29 is 9.18 Å². The number of rotatable bonds is 8. The Labute approximate surface area is 181 Å². The van der Waals surface area contributed by atoms with E-state index >= 15 is 0 Å². The van der Waals surface area contributed by atoms with Gasteiger partial charge in [-0.1, -0.05) is 50.2 Å². The molecule has 0 spiro atoms. The molecule has 162 valence electrons. The molecule has 3 rings (SSSR count). The van der Waals surface area contributed by atoms with Crippen molar-refractivity contribution >= 4 is 5.91 Å². The smallest absolute Gasteiger partial charge is 0.276 e. The molecule has 0 aliphatic rings. The van der Waals surface area contributed by atoms with Crippen LogP contribution in [0.5, 0.6) is 0 Å². The number of carbonyl (C=O) groups is 1. The van der Waals surface area contributed by atoms with Gasteiger partial charge in [0.1, 0.15) is 11.5 Å². The Bertz CT molecular complexity index is 1120. The summed E-state index contributed by atoms with van der Waals surface area (Å²) in [4.78, 5) is 27.5. The molecule has 31 heavy (non-hydrogen) atoms. The second kappa shape index (κ2) is 10.1. The third-order valence-corrected chi connectivity index (χ3v) is 5.25. The molecular weight excluding hydrogens is 395 g/mol. The van der Waals surface area contributed by atoms with Crippen LogP contribution in [0.1, 0.15) is 41.2 Å². The summed E-state index contributed by atoms with van der Waals surface area (Å²) < 4.78 is 15.5. The number of hydrogen-bond donors (Lipinski definition) is 1. The molecule has 0 atom stereocenters. The summed E-state index contributed by atoms with van der Waals surface area (Å²) in [6, 6.07) is 15.3. The molecule has 6 nitrogen and oxygen atoms in total. The van der Waals surface area contributed by atoms with Crippen LogP contribution in [0.4, 0.5) is 4.39 Å². The van der Waals surface area contributed by atoms with Crippen molar-refractivity contribution in [1.29, 1.82) is 0 Å². The number of nitrogens with one attached hydrogen (secondary N) is 1. The van der Waals surface area contributed by atoms with Crippen molar-refractivity contribution in [2.24, 2.45) is 0 Å². The molecule has 0 unspecified atom stereocenters. The summed E-state index contributed by atoms with van der Waals surface area (Å²) in [5.41, 5.74) is 1.94. The molecule has 1 aromatic heterocycles. The van der Waals surface area contributed by atoms with Gasteiger partial charge in [-0.3, -0.25) is 14.5 Å². The van der Waals surface area contributed by atoms with Crippen LogP contribution in [0.25, 0.3) is 5.69 Å². The van der Waals surface area contributed by atoms with Crippen LogP contribution in [0.3, 0.4) is 0 Å². The lowest BCUT2D eigenvalue weighted by atomic mass is 10.1. The average molecular weight is 423 g/mol. The molecule has 0 aliphatic heterocycles. The molecule has 0 saturated carbocycles. The summed E-state index contributed by atoms with van der Waals surface area (Å²) in [6.45, 7) is 8.77. The van der Waals surface area contributed by atoms with Gasteiger partial charge >= 0.3 is 0 Å². The Morgan fingerprint density at radius 3 is 2.39 bits per heavy atom. The van der Waals surface area contributed by atoms with Crippen molar-refractivity contribution in [2.75, 3.05) is 13.1 Å². The van der Waals surface area contributed by atoms with Gasteiger partial charge in [-0.15, -0.1) is 0 Å². The summed E-state index contributed by atoms with van der Waals surface area (Å²) in [5, 5.41) is 6.95. The summed E-state index contributed by atoms with van der Waals surface area (Å²) >= 11 is 0. The van der Waals surface area contributed by atoms with Crippen molar-refractivity contribution in [2.45, 2.75) is 33.9 Å². The van der Waals surface area contributed by atoms with E-state index in [9.17, 15) is 14.0 Å². The molecule has 2 aromatic carbocycles. The van der Waals surface area contributed by atoms with Gasteiger partial charge in [-0.25, -0.2) is 9.07 Å². The fourth-order valence-electron chi connectivity index (χ4n) is 3.40. The Kier molecular flexibility index (Phi) is 7.31. The predicted molar refractivity (Wildman–Crippen MR) is 119 cm³/mol. The second-order valence-corrected chi connectivity index (χ2v) is 7.27. The molecule has 1 heterocycles. The number of halogens is 1. The highest BCUT2D eigenvalue weighted by molar-refractivity contribution is 5.92. The number of amides is 1. The van der Waals surface area contributed by atoms with Gasteiger partial charge in [0.15, 0.2) is 5.69 Å². The molecule has 0 radical (unpaired) electrons. The van der Waals surface area contributed by atoms with E-state index < -0.39 is 17.2 Å². The zero-order valence-electron chi connectivity index (χ0n) is 18.1. The van der Waals surface area contributed by atoms with Gasteiger partial charge in [0.05, 0.1) is 0 Å². The standard InChI is InChI=1S/C24H27FN4O2/c1-4-28(5-2)16-19-11-7-6-10-18(19)15-26-24(31)23-22(30)14-17(3)29(27-23)21-13-9-8-12-20(21)25/h6-14H,4-5,15-16H2,1-3H3,(H,26,31). The van der Waals surface area contributed by atoms with Crippen molar-refractivity contribution in [3.63, 3.8) is 0 Å². The highest BCUT2D eigenvalue weighted by Gasteiger charge is 2.17. The largest absolute Gasteiger partial charge is 0.346 e. The third kappa shape index (κ3) is 5.24. The van der Waals surface area contributed by atoms with Crippen molar-refractivity contribution in [1.82, 2.24) is 20.0 Å². The topological polar surface area (TPSA) is 67.2 Å². The number of para-hydroxylation sites is 1. The lowest BCUT2D eigenvalue weighted by Gasteiger charge is -2.20. The highest BCUT2D eigenvalue weighted by Crippen LogP contribution is 2.14. The van der Waals surface area contributed by atoms with Crippen LogP contribution in [-0.2, 0) is 13.1 Å². The predicted octanol–water partition coefficient (Wildman–Crippen LogP) is 3.45. The summed E-state index contributed by atoms with van der Waals surface area (Å²) in [6.07, 6.45) is 0. The molecule has 3 aromatic rings. The van der Waals surface area contributed by atoms with E-state index in [1.165, 1.54) is 16.8 Å². The second-order valence-electron chi connectivity index (χ2n) is 7.27. The average Bonchev–Trinajstić information content (AvgIpc) is 2.77. The minimum atomic E-state index is -0.590. The van der Waals surface area contributed by atoms with Crippen LogP contribution in [-0.4, -0.2) is 33.7 Å². The van der Waals surface area contributed by atoms with Gasteiger partial charge in [0, 0.05) is 24.8 Å². The maximum atomic E-state index is 14.2. The van der Waals surface area contributed by atoms with Crippen LogP contribution in [0, 0.1) is 12.7 Å². The Hall–Kier alpha value is -3.32. The number of aromatic nitrogens is 2. The molecule has 1 amide bonds. The van der Waals surface area contributed by atoms with E-state index in [0.717, 1.165) is 30.8 Å². The first kappa shape index (κ1) is 22.4. The number of aryl methyl sites for hydroxylation is 1. The first-order valence-electron chi connectivity index (χ1n) is 10.4. The Morgan fingerprint density at radius 2 is 1.71 bits per heavy atom. The van der Waals surface area contributed by atoms with Gasteiger partial charge in [0.2, 0.25) is 5.43 Å².